The normalized spacial score (nSPS) is 10.4. The summed E-state index contributed by atoms with van der Waals surface area (Å²) in [7, 11) is 3.42. The molecular weight excluding hydrogens is 270 g/mol. The summed E-state index contributed by atoms with van der Waals surface area (Å²) in [4.78, 5) is 16.0. The van der Waals surface area contributed by atoms with Crippen molar-refractivity contribution in [3.05, 3.63) is 47.7 Å². The van der Waals surface area contributed by atoms with Crippen molar-refractivity contribution in [1.82, 2.24) is 15.6 Å². The van der Waals surface area contributed by atoms with Crippen molar-refractivity contribution < 1.29 is 13.9 Å². The van der Waals surface area contributed by atoms with Gasteiger partial charge in [0, 0.05) is 6.54 Å². The van der Waals surface area contributed by atoms with E-state index in [9.17, 15) is 4.79 Å². The van der Waals surface area contributed by atoms with E-state index in [1.54, 1.807) is 14.2 Å². The molecule has 0 radical (unpaired) electrons. The number of ether oxygens (including phenoxy) is 1. The highest BCUT2D eigenvalue weighted by Gasteiger charge is 2.11. The van der Waals surface area contributed by atoms with Crippen molar-refractivity contribution >= 4 is 5.91 Å². The van der Waals surface area contributed by atoms with Gasteiger partial charge in [-0.05, 0) is 25.1 Å². The Morgan fingerprint density at radius 2 is 2.19 bits per heavy atom. The van der Waals surface area contributed by atoms with Crippen LogP contribution in [0, 0.1) is 0 Å². The van der Waals surface area contributed by atoms with E-state index < -0.39 is 0 Å². The van der Waals surface area contributed by atoms with Crippen molar-refractivity contribution in [2.24, 2.45) is 0 Å². The van der Waals surface area contributed by atoms with E-state index in [-0.39, 0.29) is 5.91 Å². The Morgan fingerprint density at radius 3 is 2.95 bits per heavy atom. The molecule has 6 heteroatoms. The third-order valence-corrected chi connectivity index (χ3v) is 2.98. The second-order valence-electron chi connectivity index (χ2n) is 4.47. The second kappa shape index (κ2) is 7.44. The minimum Gasteiger partial charge on any atom is -0.496 e. The van der Waals surface area contributed by atoms with Gasteiger partial charge in [0.05, 0.1) is 13.7 Å². The van der Waals surface area contributed by atoms with E-state index in [1.165, 1.54) is 6.26 Å². The first-order valence-corrected chi connectivity index (χ1v) is 6.73. The molecule has 0 fully saturated rings. The van der Waals surface area contributed by atoms with E-state index in [0.29, 0.717) is 31.1 Å². The van der Waals surface area contributed by atoms with Crippen LogP contribution in [0.4, 0.5) is 0 Å². The molecular formula is C15H19N3O3. The fraction of sp³-hybridized carbons (Fsp3) is 0.333. The number of benzene rings is 1. The zero-order valence-electron chi connectivity index (χ0n) is 12.2. The van der Waals surface area contributed by atoms with Crippen LogP contribution in [-0.4, -0.2) is 31.6 Å². The zero-order chi connectivity index (χ0) is 15.1. The Labute approximate surface area is 123 Å². The average molecular weight is 289 g/mol. The number of nitrogens with one attached hydrogen (secondary N) is 2. The number of carbonyl (C=O) groups excluding carboxylic acids is 1. The van der Waals surface area contributed by atoms with Gasteiger partial charge in [0.15, 0.2) is 5.69 Å². The van der Waals surface area contributed by atoms with Gasteiger partial charge in [0.25, 0.3) is 5.91 Å². The molecule has 0 bridgehead atoms. The summed E-state index contributed by atoms with van der Waals surface area (Å²) in [6.45, 7) is 1.00. The molecule has 2 rings (SSSR count). The highest BCUT2D eigenvalue weighted by Crippen LogP contribution is 2.17. The molecule has 0 spiro atoms. The highest BCUT2D eigenvalue weighted by molar-refractivity contribution is 5.91. The Bertz CT molecular complexity index is 595. The molecule has 2 N–H and O–H groups in total. The van der Waals surface area contributed by atoms with Crippen LogP contribution in [0.25, 0.3) is 0 Å². The number of nitrogens with zero attached hydrogens (tertiary/aromatic N) is 1. The van der Waals surface area contributed by atoms with Gasteiger partial charge in [0.2, 0.25) is 5.89 Å². The lowest BCUT2D eigenvalue weighted by Crippen LogP contribution is -2.26. The van der Waals surface area contributed by atoms with Crippen LogP contribution in [0.15, 0.2) is 34.9 Å². The summed E-state index contributed by atoms with van der Waals surface area (Å²) in [5.41, 5.74) is 1.34. The first kappa shape index (κ1) is 15.1. The van der Waals surface area contributed by atoms with E-state index in [2.05, 4.69) is 15.6 Å². The smallest absolute Gasteiger partial charge is 0.273 e. The minimum absolute atomic E-state index is 0.240. The molecule has 1 aromatic heterocycles. The average Bonchev–Trinajstić information content (AvgIpc) is 2.97. The van der Waals surface area contributed by atoms with Crippen LogP contribution in [0.2, 0.25) is 0 Å². The number of hydrogen-bond donors (Lipinski definition) is 2. The fourth-order valence-electron chi connectivity index (χ4n) is 1.96. The topological polar surface area (TPSA) is 76.4 Å². The van der Waals surface area contributed by atoms with Crippen LogP contribution in [0.5, 0.6) is 5.75 Å². The third kappa shape index (κ3) is 4.06. The Balaban J connectivity index is 1.86. The summed E-state index contributed by atoms with van der Waals surface area (Å²) in [6, 6.07) is 7.74. The van der Waals surface area contributed by atoms with Crippen LogP contribution in [-0.2, 0) is 13.0 Å². The molecule has 1 amide bonds. The number of methoxy groups -OCH3 is 1. The largest absolute Gasteiger partial charge is 0.496 e. The lowest BCUT2D eigenvalue weighted by molar-refractivity contribution is 0.0949. The molecule has 0 aliphatic heterocycles. The van der Waals surface area contributed by atoms with Crippen molar-refractivity contribution in [3.8, 4) is 5.75 Å². The number of rotatable bonds is 7. The van der Waals surface area contributed by atoms with Crippen LogP contribution >= 0.6 is 0 Å². The van der Waals surface area contributed by atoms with E-state index in [0.717, 1.165) is 11.3 Å². The zero-order valence-corrected chi connectivity index (χ0v) is 12.2. The lowest BCUT2D eigenvalue weighted by Gasteiger charge is -2.08. The highest BCUT2D eigenvalue weighted by atomic mass is 16.5. The van der Waals surface area contributed by atoms with Gasteiger partial charge in [-0.1, -0.05) is 18.2 Å². The van der Waals surface area contributed by atoms with Gasteiger partial charge in [0.1, 0.15) is 12.0 Å². The third-order valence-electron chi connectivity index (χ3n) is 2.98. The molecule has 1 aromatic carbocycles. The summed E-state index contributed by atoms with van der Waals surface area (Å²) in [5, 5.41) is 5.73. The number of aromatic nitrogens is 1. The maximum atomic E-state index is 11.9. The predicted molar refractivity (Wildman–Crippen MR) is 78.3 cm³/mol. The molecule has 0 aliphatic carbocycles. The van der Waals surface area contributed by atoms with Gasteiger partial charge in [-0.15, -0.1) is 0 Å². The van der Waals surface area contributed by atoms with E-state index >= 15 is 0 Å². The van der Waals surface area contributed by atoms with Crippen molar-refractivity contribution in [2.45, 2.75) is 13.0 Å². The predicted octanol–water partition coefficient (Wildman–Crippen LogP) is 1.38. The van der Waals surface area contributed by atoms with E-state index in [4.69, 9.17) is 9.15 Å². The number of carbonyl (C=O) groups is 1. The van der Waals surface area contributed by atoms with Crippen molar-refractivity contribution in [2.75, 3.05) is 20.7 Å². The first-order chi connectivity index (χ1) is 10.2. The Morgan fingerprint density at radius 1 is 1.38 bits per heavy atom. The SMILES string of the molecule is CNCc1nc(C(=O)NCCc2ccccc2OC)co1. The van der Waals surface area contributed by atoms with Crippen LogP contribution in [0.1, 0.15) is 21.9 Å². The maximum absolute atomic E-state index is 11.9. The molecule has 0 saturated carbocycles. The lowest BCUT2D eigenvalue weighted by atomic mass is 10.1. The molecule has 2 aromatic rings. The quantitative estimate of drug-likeness (QED) is 0.805. The molecule has 0 saturated heterocycles. The molecule has 0 unspecified atom stereocenters. The number of hydrogen-bond acceptors (Lipinski definition) is 5. The monoisotopic (exact) mass is 289 g/mol. The number of para-hydroxylation sites is 1. The maximum Gasteiger partial charge on any atom is 0.273 e. The van der Waals surface area contributed by atoms with Gasteiger partial charge in [-0.3, -0.25) is 4.79 Å². The Kier molecular flexibility index (Phi) is 5.34. The molecule has 0 aliphatic rings. The minimum atomic E-state index is -0.240. The van der Waals surface area contributed by atoms with E-state index in [1.807, 2.05) is 24.3 Å². The van der Waals surface area contributed by atoms with Crippen molar-refractivity contribution in [1.29, 1.82) is 0 Å². The van der Waals surface area contributed by atoms with Crippen LogP contribution in [0.3, 0.4) is 0 Å². The van der Waals surface area contributed by atoms with Gasteiger partial charge < -0.3 is 19.8 Å². The van der Waals surface area contributed by atoms with Gasteiger partial charge in [-0.25, -0.2) is 4.98 Å². The second-order valence-corrected chi connectivity index (χ2v) is 4.47. The first-order valence-electron chi connectivity index (χ1n) is 6.73. The molecule has 112 valence electrons. The van der Waals surface area contributed by atoms with Crippen molar-refractivity contribution in [3.63, 3.8) is 0 Å². The van der Waals surface area contributed by atoms with Gasteiger partial charge >= 0.3 is 0 Å². The fourth-order valence-corrected chi connectivity index (χ4v) is 1.96. The molecule has 1 heterocycles. The van der Waals surface area contributed by atoms with Crippen LogP contribution < -0.4 is 15.4 Å². The summed E-state index contributed by atoms with van der Waals surface area (Å²) in [5.74, 6) is 1.08. The Hall–Kier alpha value is -2.34. The molecule has 21 heavy (non-hydrogen) atoms. The summed E-state index contributed by atoms with van der Waals surface area (Å²) in [6.07, 6.45) is 2.06. The molecule has 0 atom stereocenters. The summed E-state index contributed by atoms with van der Waals surface area (Å²) < 4.78 is 10.4. The summed E-state index contributed by atoms with van der Waals surface area (Å²) >= 11 is 0. The number of oxazole rings is 1. The van der Waals surface area contributed by atoms with Gasteiger partial charge in [-0.2, -0.15) is 0 Å². The number of amides is 1. The molecule has 6 nitrogen and oxygen atoms in total. The standard InChI is InChI=1S/C15H19N3O3/c1-16-9-14-18-12(10-21-14)15(19)17-8-7-11-5-3-4-6-13(11)20-2/h3-6,10,16H,7-9H2,1-2H3,(H,17,19).